The van der Waals surface area contributed by atoms with Gasteiger partial charge in [-0.2, -0.15) is 5.10 Å². The summed E-state index contributed by atoms with van der Waals surface area (Å²) in [5.41, 5.74) is 2.14. The van der Waals surface area contributed by atoms with Crippen LogP contribution < -0.4 is 10.6 Å². The first kappa shape index (κ1) is 15.3. The van der Waals surface area contributed by atoms with Gasteiger partial charge in [-0.3, -0.25) is 4.68 Å². The molecule has 1 aromatic carbocycles. The Morgan fingerprint density at radius 1 is 1.36 bits per heavy atom. The minimum atomic E-state index is 0.523. The van der Waals surface area contributed by atoms with Crippen LogP contribution in [0.2, 0.25) is 5.02 Å². The van der Waals surface area contributed by atoms with Gasteiger partial charge in [0.05, 0.1) is 17.8 Å². The maximum atomic E-state index is 5.89. The number of hydrogen-bond donors (Lipinski definition) is 2. The van der Waals surface area contributed by atoms with Crippen molar-refractivity contribution in [2.45, 2.75) is 38.3 Å². The van der Waals surface area contributed by atoms with E-state index in [-0.39, 0.29) is 0 Å². The Bertz CT molecular complexity index is 649. The van der Waals surface area contributed by atoms with Gasteiger partial charge in [0, 0.05) is 17.9 Å². The molecule has 116 valence electrons. The molecule has 0 unspecified atom stereocenters. The number of halogens is 1. The summed E-state index contributed by atoms with van der Waals surface area (Å²) in [7, 11) is 0. The third kappa shape index (κ3) is 4.21. The highest BCUT2D eigenvalue weighted by Crippen LogP contribution is 2.18. The molecule has 1 aliphatic carbocycles. The lowest BCUT2D eigenvalue weighted by Crippen LogP contribution is -2.35. The predicted molar refractivity (Wildman–Crippen MR) is 94.4 cm³/mol. The van der Waals surface area contributed by atoms with Crippen molar-refractivity contribution in [3.05, 3.63) is 47.2 Å². The van der Waals surface area contributed by atoms with Crippen LogP contribution in [0, 0.1) is 0 Å². The number of thiocarbonyl (C=S) groups is 1. The molecule has 1 fully saturated rings. The molecule has 2 aromatic rings. The average molecular weight is 335 g/mol. The van der Waals surface area contributed by atoms with Crippen LogP contribution in [0.1, 0.15) is 31.2 Å². The summed E-state index contributed by atoms with van der Waals surface area (Å²) in [6.45, 7) is 0.686. The molecule has 0 radical (unpaired) electrons. The fourth-order valence-electron chi connectivity index (χ4n) is 2.78. The van der Waals surface area contributed by atoms with Crippen LogP contribution in [0.15, 0.2) is 36.7 Å². The largest absolute Gasteiger partial charge is 0.360 e. The van der Waals surface area contributed by atoms with Crippen molar-refractivity contribution in [3.63, 3.8) is 0 Å². The summed E-state index contributed by atoms with van der Waals surface area (Å²) in [5.74, 6) is 0. The highest BCUT2D eigenvalue weighted by molar-refractivity contribution is 7.80. The monoisotopic (exact) mass is 334 g/mol. The van der Waals surface area contributed by atoms with Crippen LogP contribution in [0.3, 0.4) is 0 Å². The molecule has 0 bridgehead atoms. The minimum Gasteiger partial charge on any atom is -0.360 e. The van der Waals surface area contributed by atoms with E-state index in [9.17, 15) is 0 Å². The first-order valence-corrected chi connectivity index (χ1v) is 8.32. The van der Waals surface area contributed by atoms with Gasteiger partial charge in [0.1, 0.15) is 0 Å². The molecule has 0 atom stereocenters. The van der Waals surface area contributed by atoms with E-state index in [1.54, 1.807) is 6.20 Å². The summed E-state index contributed by atoms with van der Waals surface area (Å²) >= 11 is 11.3. The maximum Gasteiger partial charge on any atom is 0.170 e. The van der Waals surface area contributed by atoms with Crippen LogP contribution in [0.5, 0.6) is 0 Å². The molecular formula is C16H19ClN4S. The smallest absolute Gasteiger partial charge is 0.170 e. The van der Waals surface area contributed by atoms with Gasteiger partial charge in [-0.1, -0.05) is 36.6 Å². The van der Waals surface area contributed by atoms with Gasteiger partial charge in [0.15, 0.2) is 5.11 Å². The quantitative estimate of drug-likeness (QED) is 0.834. The van der Waals surface area contributed by atoms with Gasteiger partial charge in [0.25, 0.3) is 0 Å². The van der Waals surface area contributed by atoms with E-state index in [0.717, 1.165) is 11.3 Å². The fraction of sp³-hybridized carbons (Fsp3) is 0.375. The second-order valence-corrected chi connectivity index (χ2v) is 6.48. The van der Waals surface area contributed by atoms with Gasteiger partial charge >= 0.3 is 0 Å². The molecule has 0 aliphatic heterocycles. The molecule has 1 aliphatic rings. The maximum absolute atomic E-state index is 5.89. The van der Waals surface area contributed by atoms with E-state index < -0.39 is 0 Å². The number of hydrogen-bond acceptors (Lipinski definition) is 2. The molecule has 0 amide bonds. The van der Waals surface area contributed by atoms with Gasteiger partial charge < -0.3 is 10.6 Å². The van der Waals surface area contributed by atoms with Gasteiger partial charge in [-0.05, 0) is 42.8 Å². The molecule has 2 N–H and O–H groups in total. The molecule has 4 nitrogen and oxygen atoms in total. The van der Waals surface area contributed by atoms with Crippen molar-refractivity contribution in [1.29, 1.82) is 0 Å². The summed E-state index contributed by atoms with van der Waals surface area (Å²) in [6.07, 6.45) is 8.46. The molecule has 3 rings (SSSR count). The zero-order valence-corrected chi connectivity index (χ0v) is 13.8. The van der Waals surface area contributed by atoms with Crippen molar-refractivity contribution in [1.82, 2.24) is 15.1 Å². The van der Waals surface area contributed by atoms with Crippen LogP contribution in [-0.4, -0.2) is 20.9 Å². The highest BCUT2D eigenvalue weighted by Gasteiger charge is 2.15. The molecule has 0 saturated heterocycles. The van der Waals surface area contributed by atoms with Crippen LogP contribution in [-0.2, 0) is 6.54 Å². The zero-order valence-electron chi connectivity index (χ0n) is 12.3. The third-order valence-electron chi connectivity index (χ3n) is 3.82. The van der Waals surface area contributed by atoms with Gasteiger partial charge in [0.2, 0.25) is 0 Å². The standard InChI is InChI=1S/C16H19ClN4S/c17-13-9-18-21(11-13)10-12-4-3-7-15(8-12)20-16(22)19-14-5-1-2-6-14/h3-4,7-9,11,14H,1-2,5-6,10H2,(H2,19,20,22). The van der Waals surface area contributed by atoms with E-state index in [1.165, 1.54) is 25.7 Å². The van der Waals surface area contributed by atoms with E-state index >= 15 is 0 Å². The normalized spacial score (nSPS) is 15.0. The van der Waals surface area contributed by atoms with Crippen molar-refractivity contribution in [2.75, 3.05) is 5.32 Å². The topological polar surface area (TPSA) is 41.9 Å². The van der Waals surface area contributed by atoms with Gasteiger partial charge in [-0.15, -0.1) is 0 Å². The first-order chi connectivity index (χ1) is 10.7. The number of rotatable bonds is 4. The molecule has 1 saturated carbocycles. The van der Waals surface area contributed by atoms with Crippen molar-refractivity contribution in [3.8, 4) is 0 Å². The number of nitrogens with zero attached hydrogens (tertiary/aromatic N) is 2. The van der Waals surface area contributed by atoms with Crippen molar-refractivity contribution >= 4 is 34.6 Å². The summed E-state index contributed by atoms with van der Waals surface area (Å²) in [6, 6.07) is 8.70. The Balaban J connectivity index is 1.59. The van der Waals surface area contributed by atoms with E-state index in [1.807, 2.05) is 23.0 Å². The Morgan fingerprint density at radius 2 is 2.18 bits per heavy atom. The fourth-order valence-corrected chi connectivity index (χ4v) is 3.22. The van der Waals surface area contributed by atoms with Crippen LogP contribution >= 0.6 is 23.8 Å². The molecule has 22 heavy (non-hydrogen) atoms. The van der Waals surface area contributed by atoms with Crippen molar-refractivity contribution in [2.24, 2.45) is 0 Å². The van der Waals surface area contributed by atoms with E-state index in [0.29, 0.717) is 22.7 Å². The minimum absolute atomic E-state index is 0.523. The second kappa shape index (κ2) is 7.11. The highest BCUT2D eigenvalue weighted by atomic mass is 35.5. The number of benzene rings is 1. The summed E-state index contributed by atoms with van der Waals surface area (Å²) in [4.78, 5) is 0. The average Bonchev–Trinajstić information content (AvgIpc) is 3.11. The Hall–Kier alpha value is -1.59. The Labute approximate surface area is 140 Å². The predicted octanol–water partition coefficient (Wildman–Crippen LogP) is 3.81. The number of aromatic nitrogens is 2. The molecule has 1 heterocycles. The lowest BCUT2D eigenvalue weighted by Gasteiger charge is -2.16. The second-order valence-electron chi connectivity index (χ2n) is 5.64. The number of anilines is 1. The van der Waals surface area contributed by atoms with E-state index in [2.05, 4.69) is 27.9 Å². The van der Waals surface area contributed by atoms with Crippen molar-refractivity contribution < 1.29 is 0 Å². The first-order valence-electron chi connectivity index (χ1n) is 7.53. The third-order valence-corrected chi connectivity index (χ3v) is 4.24. The molecular weight excluding hydrogens is 316 g/mol. The van der Waals surface area contributed by atoms with Gasteiger partial charge in [-0.25, -0.2) is 0 Å². The van der Waals surface area contributed by atoms with E-state index in [4.69, 9.17) is 23.8 Å². The lowest BCUT2D eigenvalue weighted by atomic mass is 10.2. The molecule has 1 aromatic heterocycles. The zero-order chi connectivity index (χ0) is 15.4. The summed E-state index contributed by atoms with van der Waals surface area (Å²) in [5, 5.41) is 12.2. The summed E-state index contributed by atoms with van der Waals surface area (Å²) < 4.78 is 1.82. The molecule has 0 spiro atoms. The number of nitrogens with one attached hydrogen (secondary N) is 2. The SMILES string of the molecule is S=C(Nc1cccc(Cn2cc(Cl)cn2)c1)NC1CCCC1. The van der Waals surface area contributed by atoms with Crippen LogP contribution in [0.4, 0.5) is 5.69 Å². The van der Waals surface area contributed by atoms with Crippen LogP contribution in [0.25, 0.3) is 0 Å². The Morgan fingerprint density at radius 3 is 2.91 bits per heavy atom. The lowest BCUT2D eigenvalue weighted by molar-refractivity contribution is 0.634. The Kier molecular flexibility index (Phi) is 4.95. The molecule has 6 heteroatoms.